The molecule has 1 aliphatic rings. The fourth-order valence-electron chi connectivity index (χ4n) is 4.48. The Morgan fingerprint density at radius 2 is 1.93 bits per heavy atom. The number of carbonyl (C=O) groups is 1. The highest BCUT2D eigenvalue weighted by Crippen LogP contribution is 2.43. The van der Waals surface area contributed by atoms with Crippen LogP contribution in [0.4, 0.5) is 0 Å². The molecule has 0 radical (unpaired) electrons. The van der Waals surface area contributed by atoms with Gasteiger partial charge in [-0.1, -0.05) is 42.5 Å². The average Bonchev–Trinajstić information content (AvgIpc) is 3.05. The molecule has 4 aromatic rings. The minimum atomic E-state index is -0.0705. The molecule has 1 atom stereocenters. The van der Waals surface area contributed by atoms with Gasteiger partial charge in [0.05, 0.1) is 5.52 Å². The standard InChI is InChI=1S/C25H25N3O2/c1-15-26-23-21(28(15)4)14-20(25(29)27(2)3)19-12-13-22(30-24(19)23)18-11-7-9-16-8-5-6-10-17(16)18/h5-11,14,22H,12-13H2,1-4H3/t22-/m0/s1. The van der Waals surface area contributed by atoms with Crippen molar-refractivity contribution in [1.82, 2.24) is 14.5 Å². The lowest BCUT2D eigenvalue weighted by Crippen LogP contribution is -2.25. The Balaban J connectivity index is 1.69. The van der Waals surface area contributed by atoms with Crippen LogP contribution in [0, 0.1) is 6.92 Å². The van der Waals surface area contributed by atoms with E-state index in [2.05, 4.69) is 42.5 Å². The van der Waals surface area contributed by atoms with Crippen LogP contribution in [-0.4, -0.2) is 34.5 Å². The number of aryl methyl sites for hydroxylation is 2. The zero-order chi connectivity index (χ0) is 21.0. The fourth-order valence-corrected chi connectivity index (χ4v) is 4.48. The van der Waals surface area contributed by atoms with Gasteiger partial charge in [0.1, 0.15) is 17.4 Å². The van der Waals surface area contributed by atoms with Crippen LogP contribution < -0.4 is 4.74 Å². The summed E-state index contributed by atoms with van der Waals surface area (Å²) in [6.07, 6.45) is 1.54. The molecular weight excluding hydrogens is 374 g/mol. The second-order valence-corrected chi connectivity index (χ2v) is 8.23. The van der Waals surface area contributed by atoms with Gasteiger partial charge in [-0.25, -0.2) is 4.98 Å². The van der Waals surface area contributed by atoms with E-state index in [4.69, 9.17) is 9.72 Å². The summed E-state index contributed by atoms with van der Waals surface area (Å²) in [7, 11) is 5.55. The molecule has 5 heteroatoms. The van der Waals surface area contributed by atoms with E-state index < -0.39 is 0 Å². The number of nitrogens with zero attached hydrogens (tertiary/aromatic N) is 3. The molecular formula is C25H25N3O2. The first-order valence-electron chi connectivity index (χ1n) is 10.3. The van der Waals surface area contributed by atoms with Crippen molar-refractivity contribution in [1.29, 1.82) is 0 Å². The molecule has 5 rings (SSSR count). The molecule has 5 nitrogen and oxygen atoms in total. The smallest absolute Gasteiger partial charge is 0.253 e. The zero-order valence-corrected chi connectivity index (χ0v) is 17.8. The molecule has 1 aromatic heterocycles. The molecule has 0 spiro atoms. The number of hydrogen-bond acceptors (Lipinski definition) is 3. The van der Waals surface area contributed by atoms with Crippen molar-refractivity contribution >= 4 is 27.7 Å². The summed E-state index contributed by atoms with van der Waals surface area (Å²) in [6, 6.07) is 16.7. The van der Waals surface area contributed by atoms with Crippen molar-refractivity contribution in [3.05, 3.63) is 71.0 Å². The number of carbonyl (C=O) groups excluding carboxylic acids is 1. The van der Waals surface area contributed by atoms with E-state index in [9.17, 15) is 4.79 Å². The maximum atomic E-state index is 12.9. The Morgan fingerprint density at radius 1 is 1.17 bits per heavy atom. The van der Waals surface area contributed by atoms with Crippen molar-refractivity contribution < 1.29 is 9.53 Å². The molecule has 0 saturated carbocycles. The number of imidazole rings is 1. The van der Waals surface area contributed by atoms with Crippen molar-refractivity contribution in [2.75, 3.05) is 14.1 Å². The van der Waals surface area contributed by atoms with E-state index in [1.165, 1.54) is 16.3 Å². The van der Waals surface area contributed by atoms with Crippen LogP contribution in [0.25, 0.3) is 21.8 Å². The number of aromatic nitrogens is 2. The second kappa shape index (κ2) is 6.87. The second-order valence-electron chi connectivity index (χ2n) is 8.23. The van der Waals surface area contributed by atoms with Gasteiger partial charge in [-0.3, -0.25) is 4.79 Å². The number of hydrogen-bond donors (Lipinski definition) is 0. The molecule has 0 unspecified atom stereocenters. The summed E-state index contributed by atoms with van der Waals surface area (Å²) >= 11 is 0. The van der Waals surface area contributed by atoms with Gasteiger partial charge in [0, 0.05) is 37.8 Å². The summed E-state index contributed by atoms with van der Waals surface area (Å²) in [4.78, 5) is 19.3. The topological polar surface area (TPSA) is 47.4 Å². The van der Waals surface area contributed by atoms with Gasteiger partial charge >= 0.3 is 0 Å². The summed E-state index contributed by atoms with van der Waals surface area (Å²) < 4.78 is 8.65. The largest absolute Gasteiger partial charge is 0.483 e. The van der Waals surface area contributed by atoms with Crippen molar-refractivity contribution in [2.24, 2.45) is 7.05 Å². The lowest BCUT2D eigenvalue weighted by Gasteiger charge is -2.29. The Bertz CT molecular complexity index is 1300. The molecule has 2 heterocycles. The van der Waals surface area contributed by atoms with Crippen molar-refractivity contribution in [2.45, 2.75) is 25.9 Å². The Hall–Kier alpha value is -3.34. The number of rotatable bonds is 2. The highest BCUT2D eigenvalue weighted by Gasteiger charge is 2.30. The average molecular weight is 399 g/mol. The molecule has 0 N–H and O–H groups in total. The van der Waals surface area contributed by atoms with Crippen molar-refractivity contribution in [3.8, 4) is 5.75 Å². The number of ether oxygens (including phenoxy) is 1. The Labute approximate surface area is 175 Å². The van der Waals surface area contributed by atoms with Crippen LogP contribution >= 0.6 is 0 Å². The van der Waals surface area contributed by atoms with Crippen LogP contribution in [-0.2, 0) is 13.5 Å². The number of fused-ring (bicyclic) bond motifs is 4. The van der Waals surface area contributed by atoms with Crippen LogP contribution in [0.1, 0.15) is 39.8 Å². The van der Waals surface area contributed by atoms with E-state index in [1.54, 1.807) is 19.0 Å². The molecule has 152 valence electrons. The zero-order valence-electron chi connectivity index (χ0n) is 17.8. The van der Waals surface area contributed by atoms with Crippen LogP contribution in [0.3, 0.4) is 0 Å². The third-order valence-corrected chi connectivity index (χ3v) is 6.18. The van der Waals surface area contributed by atoms with Gasteiger partial charge in [-0.15, -0.1) is 0 Å². The maximum absolute atomic E-state index is 12.9. The van der Waals surface area contributed by atoms with E-state index >= 15 is 0 Å². The Morgan fingerprint density at radius 3 is 2.73 bits per heavy atom. The predicted molar refractivity (Wildman–Crippen MR) is 119 cm³/mol. The van der Waals surface area contributed by atoms with E-state index in [1.807, 2.05) is 24.6 Å². The monoisotopic (exact) mass is 399 g/mol. The number of benzene rings is 3. The summed E-state index contributed by atoms with van der Waals surface area (Å²) in [5.41, 5.74) is 4.63. The third kappa shape index (κ3) is 2.76. The maximum Gasteiger partial charge on any atom is 0.253 e. The highest BCUT2D eigenvalue weighted by atomic mass is 16.5. The highest BCUT2D eigenvalue weighted by molar-refractivity contribution is 6.01. The molecule has 0 bridgehead atoms. The predicted octanol–water partition coefficient (Wildman–Crippen LogP) is 4.80. The van der Waals surface area contributed by atoms with E-state index in [0.29, 0.717) is 5.56 Å². The van der Waals surface area contributed by atoms with Crippen LogP contribution in [0.5, 0.6) is 5.75 Å². The molecule has 0 aliphatic carbocycles. The van der Waals surface area contributed by atoms with Gasteiger partial charge in [-0.05, 0) is 36.6 Å². The minimum absolute atomic E-state index is 0.000728. The van der Waals surface area contributed by atoms with E-state index in [0.717, 1.165) is 41.0 Å². The van der Waals surface area contributed by atoms with Gasteiger partial charge in [0.25, 0.3) is 5.91 Å². The van der Waals surface area contributed by atoms with Crippen LogP contribution in [0.2, 0.25) is 0 Å². The lowest BCUT2D eigenvalue weighted by atomic mass is 9.91. The summed E-state index contributed by atoms with van der Waals surface area (Å²) in [6.45, 7) is 1.98. The third-order valence-electron chi connectivity index (χ3n) is 6.18. The molecule has 0 fully saturated rings. The van der Waals surface area contributed by atoms with Gasteiger partial charge in [0.15, 0.2) is 5.75 Å². The first kappa shape index (κ1) is 18.7. The SMILES string of the molecule is Cc1nc2c3c(c(C(=O)N(C)C)cc2n1C)CC[C@@H](c1cccc2ccccc12)O3. The van der Waals surface area contributed by atoms with Gasteiger partial charge in [-0.2, -0.15) is 0 Å². The Kier molecular flexibility index (Phi) is 4.28. The van der Waals surface area contributed by atoms with Crippen LogP contribution in [0.15, 0.2) is 48.5 Å². The molecule has 1 amide bonds. The lowest BCUT2D eigenvalue weighted by molar-refractivity contribution is 0.0823. The molecule has 30 heavy (non-hydrogen) atoms. The fraction of sp³-hybridized carbons (Fsp3) is 0.280. The van der Waals surface area contributed by atoms with Crippen molar-refractivity contribution in [3.63, 3.8) is 0 Å². The normalized spacial score (nSPS) is 15.8. The number of amides is 1. The summed E-state index contributed by atoms with van der Waals surface area (Å²) in [5, 5.41) is 2.42. The minimum Gasteiger partial charge on any atom is -0.483 e. The first-order valence-corrected chi connectivity index (χ1v) is 10.3. The van der Waals surface area contributed by atoms with Gasteiger partial charge < -0.3 is 14.2 Å². The quantitative estimate of drug-likeness (QED) is 0.486. The summed E-state index contributed by atoms with van der Waals surface area (Å²) in [5.74, 6) is 1.65. The van der Waals surface area contributed by atoms with Gasteiger partial charge in [0.2, 0.25) is 0 Å². The first-order chi connectivity index (χ1) is 14.5. The molecule has 1 aliphatic heterocycles. The van der Waals surface area contributed by atoms with E-state index in [-0.39, 0.29) is 12.0 Å². The molecule has 3 aromatic carbocycles. The molecule has 0 saturated heterocycles.